The monoisotopic (exact) mass is 286 g/mol. The molecule has 102 valence electrons. The Bertz CT molecular complexity index is 659. The van der Waals surface area contributed by atoms with E-state index in [4.69, 9.17) is 0 Å². The second kappa shape index (κ2) is 5.54. The normalized spacial score (nSPS) is 15.4. The Labute approximate surface area is 120 Å². The molecule has 1 heterocycles. The van der Waals surface area contributed by atoms with Crippen LogP contribution in [0.5, 0.6) is 0 Å². The second-order valence-corrected chi connectivity index (χ2v) is 5.81. The van der Waals surface area contributed by atoms with Crippen LogP contribution in [-0.2, 0) is 0 Å². The zero-order chi connectivity index (χ0) is 13.9. The van der Waals surface area contributed by atoms with Crippen LogP contribution < -0.4 is 0 Å². The van der Waals surface area contributed by atoms with Gasteiger partial charge < -0.3 is 0 Å². The van der Waals surface area contributed by atoms with Gasteiger partial charge in [-0.1, -0.05) is 24.6 Å². The van der Waals surface area contributed by atoms with Crippen molar-refractivity contribution in [2.45, 2.75) is 25.2 Å². The highest BCUT2D eigenvalue weighted by Crippen LogP contribution is 2.36. The number of nitro benzene ring substituents is 1. The average Bonchev–Trinajstić information content (AvgIpc) is 2.83. The molecule has 2 aromatic rings. The van der Waals surface area contributed by atoms with E-state index in [1.54, 1.807) is 23.5 Å². The first-order valence-corrected chi connectivity index (χ1v) is 7.48. The van der Waals surface area contributed by atoms with E-state index in [2.05, 4.69) is 10.4 Å². The van der Waals surface area contributed by atoms with E-state index in [0.29, 0.717) is 5.92 Å². The summed E-state index contributed by atoms with van der Waals surface area (Å²) in [4.78, 5) is 14.9. The molecule has 0 saturated heterocycles. The molecular weight excluding hydrogens is 272 g/mol. The third kappa shape index (κ3) is 2.77. The van der Waals surface area contributed by atoms with E-state index in [1.807, 2.05) is 18.2 Å². The summed E-state index contributed by atoms with van der Waals surface area (Å²) in [5.74, 6) is 0.645. The molecule has 1 aliphatic rings. The lowest BCUT2D eigenvalue weighted by Gasteiger charge is -2.22. The fourth-order valence-corrected chi connectivity index (χ4v) is 2.97. The maximum Gasteiger partial charge on any atom is 0.270 e. The summed E-state index contributed by atoms with van der Waals surface area (Å²) < 4.78 is 0. The minimum atomic E-state index is -0.380. The van der Waals surface area contributed by atoms with E-state index < -0.39 is 0 Å². The van der Waals surface area contributed by atoms with Crippen LogP contribution in [0.15, 0.2) is 29.6 Å². The van der Waals surface area contributed by atoms with Crippen LogP contribution in [0.4, 0.5) is 5.69 Å². The molecule has 20 heavy (non-hydrogen) atoms. The molecule has 0 unspecified atom stereocenters. The van der Waals surface area contributed by atoms with Crippen LogP contribution in [0.1, 0.15) is 41.4 Å². The van der Waals surface area contributed by atoms with E-state index in [0.717, 1.165) is 10.6 Å². The van der Waals surface area contributed by atoms with Crippen molar-refractivity contribution < 1.29 is 4.92 Å². The van der Waals surface area contributed by atoms with Crippen LogP contribution in [0, 0.1) is 10.1 Å². The molecule has 1 fully saturated rings. The number of thiazole rings is 1. The van der Waals surface area contributed by atoms with Crippen LogP contribution >= 0.6 is 11.3 Å². The smallest absolute Gasteiger partial charge is 0.258 e. The quantitative estimate of drug-likeness (QED) is 0.614. The van der Waals surface area contributed by atoms with Gasteiger partial charge in [-0.05, 0) is 24.5 Å². The Hall–Kier alpha value is -2.01. The molecular formula is C15H14N2O2S. The van der Waals surface area contributed by atoms with Gasteiger partial charge in [0.15, 0.2) is 0 Å². The number of hydrogen-bond acceptors (Lipinski definition) is 4. The van der Waals surface area contributed by atoms with Gasteiger partial charge >= 0.3 is 0 Å². The zero-order valence-corrected chi connectivity index (χ0v) is 11.7. The fraction of sp³-hybridized carbons (Fsp3) is 0.267. The number of benzene rings is 1. The van der Waals surface area contributed by atoms with Crippen molar-refractivity contribution in [3.05, 3.63) is 56.0 Å². The molecule has 0 spiro atoms. The molecule has 0 radical (unpaired) electrons. The first-order valence-electron chi connectivity index (χ1n) is 6.60. The fourth-order valence-electron chi connectivity index (χ4n) is 2.18. The van der Waals surface area contributed by atoms with Crippen LogP contribution in [0.3, 0.4) is 0 Å². The first-order chi connectivity index (χ1) is 9.72. The Kier molecular flexibility index (Phi) is 3.60. The highest BCUT2D eigenvalue weighted by Gasteiger charge is 2.21. The van der Waals surface area contributed by atoms with E-state index >= 15 is 0 Å². The number of non-ortho nitro benzene ring substituents is 1. The summed E-state index contributed by atoms with van der Waals surface area (Å²) in [6, 6.07) is 6.61. The zero-order valence-electron chi connectivity index (χ0n) is 10.9. The number of nitrogens with zero attached hydrogens (tertiary/aromatic N) is 2. The summed E-state index contributed by atoms with van der Waals surface area (Å²) in [7, 11) is 0. The number of aromatic nitrogens is 1. The lowest BCUT2D eigenvalue weighted by molar-refractivity contribution is -0.384. The van der Waals surface area contributed by atoms with Crippen molar-refractivity contribution in [3.63, 3.8) is 0 Å². The predicted octanol–water partition coefficient (Wildman–Crippen LogP) is 4.49. The Morgan fingerprint density at radius 2 is 2.20 bits per heavy atom. The molecule has 1 aromatic carbocycles. The van der Waals surface area contributed by atoms with Crippen molar-refractivity contribution in [1.29, 1.82) is 0 Å². The molecule has 1 saturated carbocycles. The maximum absolute atomic E-state index is 10.7. The van der Waals surface area contributed by atoms with Gasteiger partial charge in [-0.2, -0.15) is 0 Å². The van der Waals surface area contributed by atoms with Crippen LogP contribution in [-0.4, -0.2) is 9.91 Å². The summed E-state index contributed by atoms with van der Waals surface area (Å²) in [5.41, 5.74) is 2.13. The molecule has 0 N–H and O–H groups in total. The lowest BCUT2D eigenvalue weighted by atomic mass is 9.83. The van der Waals surface area contributed by atoms with E-state index in [-0.39, 0.29) is 10.6 Å². The van der Waals surface area contributed by atoms with Crippen molar-refractivity contribution in [3.8, 4) is 0 Å². The van der Waals surface area contributed by atoms with Crippen molar-refractivity contribution in [2.75, 3.05) is 0 Å². The lowest BCUT2D eigenvalue weighted by Crippen LogP contribution is -2.08. The van der Waals surface area contributed by atoms with Crippen LogP contribution in [0.2, 0.25) is 0 Å². The van der Waals surface area contributed by atoms with Crippen molar-refractivity contribution in [1.82, 2.24) is 4.98 Å². The molecule has 1 aliphatic carbocycles. The number of rotatable bonds is 4. The van der Waals surface area contributed by atoms with Crippen LogP contribution in [0.25, 0.3) is 12.2 Å². The number of nitro groups is 1. The summed E-state index contributed by atoms with van der Waals surface area (Å²) >= 11 is 1.63. The minimum Gasteiger partial charge on any atom is -0.258 e. The van der Waals surface area contributed by atoms with E-state index in [1.165, 1.54) is 31.0 Å². The summed E-state index contributed by atoms with van der Waals surface area (Å²) in [5, 5.41) is 13.8. The maximum atomic E-state index is 10.7. The van der Waals surface area contributed by atoms with Gasteiger partial charge in [0.2, 0.25) is 0 Å². The number of hydrogen-bond donors (Lipinski definition) is 0. The molecule has 0 aliphatic heterocycles. The Balaban J connectivity index is 1.74. The van der Waals surface area contributed by atoms with Crippen molar-refractivity contribution in [2.24, 2.45) is 0 Å². The standard InChI is InChI=1S/C15H14N2O2S/c18-17(19)13-6-1-3-11(9-13)7-8-15-16-14(10-20-15)12-4-2-5-12/h1,3,6-10,12H,2,4-5H2/b8-7+. The third-order valence-electron chi connectivity index (χ3n) is 3.56. The predicted molar refractivity (Wildman–Crippen MR) is 80.7 cm³/mol. The Morgan fingerprint density at radius 1 is 1.35 bits per heavy atom. The minimum absolute atomic E-state index is 0.112. The molecule has 0 atom stereocenters. The molecule has 1 aromatic heterocycles. The molecule has 0 amide bonds. The van der Waals surface area contributed by atoms with Gasteiger partial charge in [0.25, 0.3) is 5.69 Å². The largest absolute Gasteiger partial charge is 0.270 e. The third-order valence-corrected chi connectivity index (χ3v) is 4.39. The van der Waals surface area contributed by atoms with Gasteiger partial charge in [-0.25, -0.2) is 4.98 Å². The SMILES string of the molecule is O=[N+]([O-])c1cccc(/C=C/c2nc(C3CCC3)cs2)c1. The average molecular weight is 286 g/mol. The van der Waals surface area contributed by atoms with Gasteiger partial charge in [0.1, 0.15) is 5.01 Å². The van der Waals surface area contributed by atoms with E-state index in [9.17, 15) is 10.1 Å². The second-order valence-electron chi connectivity index (χ2n) is 4.92. The van der Waals surface area contributed by atoms with Gasteiger partial charge in [0.05, 0.1) is 10.6 Å². The topological polar surface area (TPSA) is 56.0 Å². The Morgan fingerprint density at radius 3 is 2.90 bits per heavy atom. The highest BCUT2D eigenvalue weighted by atomic mass is 32.1. The molecule has 5 heteroatoms. The summed E-state index contributed by atoms with van der Waals surface area (Å²) in [6.45, 7) is 0. The van der Waals surface area contributed by atoms with Crippen molar-refractivity contribution >= 4 is 29.2 Å². The van der Waals surface area contributed by atoms with Gasteiger partial charge in [-0.3, -0.25) is 10.1 Å². The van der Waals surface area contributed by atoms with Gasteiger partial charge in [-0.15, -0.1) is 11.3 Å². The molecule has 3 rings (SSSR count). The summed E-state index contributed by atoms with van der Waals surface area (Å²) in [6.07, 6.45) is 7.60. The molecule has 4 nitrogen and oxygen atoms in total. The molecule has 0 bridgehead atoms. The van der Waals surface area contributed by atoms with Gasteiger partial charge in [0, 0.05) is 23.4 Å². The highest BCUT2D eigenvalue weighted by molar-refractivity contribution is 7.10. The first kappa shape index (κ1) is 13.0.